The van der Waals surface area contributed by atoms with Crippen molar-refractivity contribution in [3.05, 3.63) is 93.7 Å². The fourth-order valence-corrected chi connectivity index (χ4v) is 3.89. The van der Waals surface area contributed by atoms with Crippen molar-refractivity contribution >= 4 is 45.0 Å². The maximum atomic E-state index is 12.6. The highest BCUT2D eigenvalue weighted by Crippen LogP contribution is 2.16. The number of carbonyl (C=O) groups is 2. The first kappa shape index (κ1) is 22.7. The molecule has 0 spiro atoms. The third-order valence-electron chi connectivity index (χ3n) is 4.03. The molecule has 0 atom stereocenters. The summed E-state index contributed by atoms with van der Waals surface area (Å²) in [4.78, 5) is 28.2. The number of hydrogen-bond donors (Lipinski definition) is 3. The van der Waals surface area contributed by atoms with Gasteiger partial charge >= 0.3 is 0 Å². The molecule has 0 aliphatic heterocycles. The molecule has 3 rings (SSSR count). The number of carbonyl (C=O) groups excluding carboxylic acids is 2. The van der Waals surface area contributed by atoms with Crippen molar-refractivity contribution < 1.29 is 18.0 Å². The summed E-state index contributed by atoms with van der Waals surface area (Å²) in [6.07, 6.45) is 0. The van der Waals surface area contributed by atoms with E-state index in [0.29, 0.717) is 0 Å². The van der Waals surface area contributed by atoms with Gasteiger partial charge in [-0.05, 0) is 35.9 Å². The molecule has 11 heteroatoms. The largest absolute Gasteiger partial charge is 0.289 e. The number of nitrogens with one attached hydrogen (secondary N) is 3. The van der Waals surface area contributed by atoms with Gasteiger partial charge in [-0.15, -0.1) is 0 Å². The van der Waals surface area contributed by atoms with Crippen molar-refractivity contribution in [2.24, 2.45) is 0 Å². The highest BCUT2D eigenvalue weighted by Gasteiger charge is 2.18. The zero-order chi connectivity index (χ0) is 22.4. The van der Waals surface area contributed by atoms with E-state index in [4.69, 9.17) is 23.2 Å². The minimum absolute atomic E-state index is 0.0213. The Labute approximate surface area is 188 Å². The number of benzene rings is 2. The Morgan fingerprint density at radius 2 is 1.58 bits per heavy atom. The van der Waals surface area contributed by atoms with Gasteiger partial charge in [-0.2, -0.15) is 0 Å². The topological polar surface area (TPSA) is 117 Å². The average molecular weight is 479 g/mol. The van der Waals surface area contributed by atoms with Gasteiger partial charge < -0.3 is 0 Å². The van der Waals surface area contributed by atoms with Crippen LogP contribution in [0.2, 0.25) is 10.2 Å². The molecule has 3 N–H and O–H groups in total. The van der Waals surface area contributed by atoms with Crippen LogP contribution in [0.4, 0.5) is 0 Å². The molecule has 1 heterocycles. The zero-order valence-corrected chi connectivity index (χ0v) is 18.1. The molecule has 0 aliphatic rings. The molecule has 2 aromatic carbocycles. The van der Waals surface area contributed by atoms with Crippen molar-refractivity contribution in [1.29, 1.82) is 0 Å². The molecule has 8 nitrogen and oxygen atoms in total. The fraction of sp³-hybridized carbons (Fsp3) is 0.0500. The summed E-state index contributed by atoms with van der Waals surface area (Å²) >= 11 is 11.6. The van der Waals surface area contributed by atoms with Gasteiger partial charge in [-0.1, -0.05) is 59.6 Å². The van der Waals surface area contributed by atoms with Gasteiger partial charge in [0, 0.05) is 12.1 Å². The molecule has 3 aromatic rings. The second kappa shape index (κ2) is 9.88. The molecule has 0 fully saturated rings. The predicted molar refractivity (Wildman–Crippen MR) is 116 cm³/mol. The third kappa shape index (κ3) is 6.02. The lowest BCUT2D eigenvalue weighted by atomic mass is 10.2. The molecule has 0 saturated heterocycles. The summed E-state index contributed by atoms with van der Waals surface area (Å²) in [6, 6.07) is 17.2. The number of hydrogen-bond acceptors (Lipinski definition) is 5. The summed E-state index contributed by atoms with van der Waals surface area (Å²) in [5.41, 5.74) is 4.98. The van der Waals surface area contributed by atoms with Crippen LogP contribution in [0.25, 0.3) is 0 Å². The molecule has 0 saturated carbocycles. The smallest absolute Gasteiger partial charge is 0.267 e. The first-order valence-corrected chi connectivity index (χ1v) is 11.1. The summed E-state index contributed by atoms with van der Waals surface area (Å²) in [5.74, 6) is -1.51. The molecule has 31 heavy (non-hydrogen) atoms. The molecule has 0 bridgehead atoms. The summed E-state index contributed by atoms with van der Waals surface area (Å²) in [7, 11) is -3.86. The lowest BCUT2D eigenvalue weighted by Gasteiger charge is -2.10. The van der Waals surface area contributed by atoms with Gasteiger partial charge in [0.2, 0.25) is 10.0 Å². The monoisotopic (exact) mass is 478 g/mol. The Morgan fingerprint density at radius 3 is 2.32 bits per heavy atom. The van der Waals surface area contributed by atoms with Crippen LogP contribution in [0.1, 0.15) is 26.4 Å². The number of pyridine rings is 1. The van der Waals surface area contributed by atoms with Crippen molar-refractivity contribution in [3.63, 3.8) is 0 Å². The van der Waals surface area contributed by atoms with Crippen LogP contribution in [-0.2, 0) is 16.6 Å². The van der Waals surface area contributed by atoms with E-state index < -0.39 is 21.8 Å². The molecular weight excluding hydrogens is 463 g/mol. The summed E-state index contributed by atoms with van der Waals surface area (Å²) in [5, 5.41) is 0.107. The van der Waals surface area contributed by atoms with E-state index in [0.717, 1.165) is 5.56 Å². The van der Waals surface area contributed by atoms with Gasteiger partial charge in [0.15, 0.2) is 0 Å². The Kier molecular flexibility index (Phi) is 7.24. The van der Waals surface area contributed by atoms with E-state index in [9.17, 15) is 18.0 Å². The summed E-state index contributed by atoms with van der Waals surface area (Å²) in [6.45, 7) is 0.100. The molecule has 1 aromatic heterocycles. The normalized spacial score (nSPS) is 11.0. The number of nitrogens with zero attached hydrogens (tertiary/aromatic N) is 1. The molecular formula is C20H16Cl2N4O4S. The maximum absolute atomic E-state index is 12.6. The van der Waals surface area contributed by atoms with E-state index in [1.807, 2.05) is 6.07 Å². The lowest BCUT2D eigenvalue weighted by molar-refractivity contribution is 0.0844. The minimum Gasteiger partial charge on any atom is -0.267 e. The average Bonchev–Trinajstić information content (AvgIpc) is 2.78. The van der Waals surface area contributed by atoms with E-state index in [-0.39, 0.29) is 32.9 Å². The zero-order valence-electron chi connectivity index (χ0n) is 15.8. The molecule has 2 amide bonds. The Morgan fingerprint density at radius 1 is 0.871 bits per heavy atom. The minimum atomic E-state index is -3.86. The van der Waals surface area contributed by atoms with Crippen LogP contribution in [0, 0.1) is 0 Å². The highest BCUT2D eigenvalue weighted by atomic mass is 35.5. The molecule has 0 radical (unpaired) electrons. The predicted octanol–water partition coefficient (Wildman–Crippen LogP) is 2.94. The van der Waals surface area contributed by atoms with Crippen molar-refractivity contribution in [3.8, 4) is 0 Å². The molecule has 160 valence electrons. The van der Waals surface area contributed by atoms with Crippen LogP contribution >= 0.6 is 23.2 Å². The Balaban J connectivity index is 1.66. The standard InChI is InChI=1S/C20H16Cl2N4O4S/c21-16-9-10-17(22)24-18(16)20(28)26-25-19(27)14-7-4-8-15(11-14)31(29,30)23-12-13-5-2-1-3-6-13/h1-11,23H,12H2,(H,25,27)(H,26,28). The van der Waals surface area contributed by atoms with Gasteiger partial charge in [0.05, 0.1) is 9.92 Å². The number of amides is 2. The van der Waals surface area contributed by atoms with Crippen LogP contribution in [0.5, 0.6) is 0 Å². The first-order chi connectivity index (χ1) is 14.8. The van der Waals surface area contributed by atoms with Crippen molar-refractivity contribution in [2.75, 3.05) is 0 Å². The van der Waals surface area contributed by atoms with E-state index in [2.05, 4.69) is 20.6 Å². The maximum Gasteiger partial charge on any atom is 0.289 e. The Hall–Kier alpha value is -2.98. The van der Waals surface area contributed by atoms with E-state index >= 15 is 0 Å². The number of hydrazine groups is 1. The second-order valence-corrected chi connectivity index (χ2v) is 8.77. The van der Waals surface area contributed by atoms with Crippen LogP contribution in [0.3, 0.4) is 0 Å². The van der Waals surface area contributed by atoms with Gasteiger partial charge in [-0.3, -0.25) is 20.4 Å². The van der Waals surface area contributed by atoms with Gasteiger partial charge in [-0.25, -0.2) is 18.1 Å². The van der Waals surface area contributed by atoms with Crippen LogP contribution in [-0.4, -0.2) is 25.2 Å². The Bertz CT molecular complexity index is 1220. The molecule has 0 aliphatic carbocycles. The quantitative estimate of drug-likeness (QED) is 0.371. The summed E-state index contributed by atoms with van der Waals surface area (Å²) < 4.78 is 27.6. The number of rotatable bonds is 6. The van der Waals surface area contributed by atoms with Crippen LogP contribution in [0.15, 0.2) is 71.6 Å². The van der Waals surface area contributed by atoms with E-state index in [1.165, 1.54) is 36.4 Å². The SMILES string of the molecule is O=C(NNC(=O)c1nc(Cl)ccc1Cl)c1cccc(S(=O)(=O)NCc2ccccc2)c1. The van der Waals surface area contributed by atoms with Crippen LogP contribution < -0.4 is 15.6 Å². The first-order valence-electron chi connectivity index (χ1n) is 8.82. The fourth-order valence-electron chi connectivity index (χ4n) is 2.48. The number of aromatic nitrogens is 1. The van der Waals surface area contributed by atoms with Crippen molar-refractivity contribution in [1.82, 2.24) is 20.6 Å². The van der Waals surface area contributed by atoms with E-state index in [1.54, 1.807) is 24.3 Å². The lowest BCUT2D eigenvalue weighted by Crippen LogP contribution is -2.42. The number of sulfonamides is 1. The molecule has 0 unspecified atom stereocenters. The van der Waals surface area contributed by atoms with Gasteiger partial charge in [0.1, 0.15) is 10.8 Å². The second-order valence-electron chi connectivity index (χ2n) is 6.21. The highest BCUT2D eigenvalue weighted by molar-refractivity contribution is 7.89. The van der Waals surface area contributed by atoms with Gasteiger partial charge in [0.25, 0.3) is 11.8 Å². The number of halogens is 2. The van der Waals surface area contributed by atoms with Crippen molar-refractivity contribution in [2.45, 2.75) is 11.4 Å². The third-order valence-corrected chi connectivity index (χ3v) is 5.95.